The van der Waals surface area contributed by atoms with Gasteiger partial charge in [0.2, 0.25) is 0 Å². The van der Waals surface area contributed by atoms with Crippen molar-refractivity contribution in [2.45, 2.75) is 46.0 Å². The van der Waals surface area contributed by atoms with Crippen LogP contribution in [0.3, 0.4) is 0 Å². The molecule has 0 N–H and O–H groups in total. The van der Waals surface area contributed by atoms with Crippen LogP contribution in [0.15, 0.2) is 48.5 Å². The lowest BCUT2D eigenvalue weighted by molar-refractivity contribution is -0.119. The molecule has 0 radical (unpaired) electrons. The maximum Gasteiger partial charge on any atom is 0.133 e. The van der Waals surface area contributed by atoms with Crippen LogP contribution in [0.5, 0.6) is 0 Å². The highest BCUT2D eigenvalue weighted by molar-refractivity contribution is 5.79. The molecular weight excluding hydrogens is 256 g/mol. The first-order chi connectivity index (χ1) is 10.0. The number of benzene rings is 2. The predicted molar refractivity (Wildman–Crippen MR) is 88.7 cm³/mol. The Morgan fingerprint density at radius 1 is 0.905 bits per heavy atom. The molecule has 0 aromatic heterocycles. The number of aryl methyl sites for hydroxylation is 3. The molecule has 2 aromatic carbocycles. The first kappa shape index (κ1) is 15.5. The fourth-order valence-electron chi connectivity index (χ4n) is 2.49. The molecule has 0 aliphatic rings. The molecule has 1 nitrogen and oxygen atoms in total. The Morgan fingerprint density at radius 3 is 2.00 bits per heavy atom. The van der Waals surface area contributed by atoms with E-state index in [-0.39, 0.29) is 0 Å². The van der Waals surface area contributed by atoms with Crippen molar-refractivity contribution in [2.24, 2.45) is 0 Å². The van der Waals surface area contributed by atoms with E-state index in [0.717, 1.165) is 6.42 Å². The summed E-state index contributed by atoms with van der Waals surface area (Å²) in [5.74, 6) is 0.653. The Morgan fingerprint density at radius 2 is 1.43 bits per heavy atom. The summed E-state index contributed by atoms with van der Waals surface area (Å²) in [6.45, 7) is 6.30. The molecule has 0 saturated heterocycles. The second kappa shape index (κ2) is 7.21. The number of hydrogen-bond donors (Lipinski definition) is 0. The van der Waals surface area contributed by atoms with E-state index < -0.39 is 0 Å². The zero-order valence-corrected chi connectivity index (χ0v) is 13.2. The third-order valence-electron chi connectivity index (χ3n) is 3.99. The van der Waals surface area contributed by atoms with Crippen molar-refractivity contribution in [3.8, 4) is 0 Å². The van der Waals surface area contributed by atoms with Crippen LogP contribution in [-0.4, -0.2) is 5.78 Å². The molecule has 0 bridgehead atoms. The van der Waals surface area contributed by atoms with Crippen LogP contribution < -0.4 is 0 Å². The van der Waals surface area contributed by atoms with Crippen LogP contribution in [-0.2, 0) is 11.2 Å². The van der Waals surface area contributed by atoms with Gasteiger partial charge >= 0.3 is 0 Å². The van der Waals surface area contributed by atoms with Crippen LogP contribution in [0, 0.1) is 13.8 Å². The third-order valence-corrected chi connectivity index (χ3v) is 3.99. The van der Waals surface area contributed by atoms with E-state index in [9.17, 15) is 4.79 Å². The van der Waals surface area contributed by atoms with Gasteiger partial charge in [0.05, 0.1) is 0 Å². The minimum atomic E-state index is 0.302. The van der Waals surface area contributed by atoms with Gasteiger partial charge in [-0.3, -0.25) is 4.79 Å². The predicted octanol–water partition coefficient (Wildman–Crippen LogP) is 5.00. The first-order valence-corrected chi connectivity index (χ1v) is 7.68. The van der Waals surface area contributed by atoms with Crippen LogP contribution >= 0.6 is 0 Å². The molecule has 110 valence electrons. The maximum atomic E-state index is 12.1. The van der Waals surface area contributed by atoms with Gasteiger partial charge in [-0.2, -0.15) is 0 Å². The Kier molecular flexibility index (Phi) is 5.32. The van der Waals surface area contributed by atoms with Crippen molar-refractivity contribution in [2.75, 3.05) is 0 Å². The zero-order chi connectivity index (χ0) is 15.2. The lowest BCUT2D eigenvalue weighted by Gasteiger charge is -2.11. The summed E-state index contributed by atoms with van der Waals surface area (Å²) in [5, 5.41) is 0. The molecule has 0 saturated carbocycles. The molecule has 0 amide bonds. The molecule has 1 atom stereocenters. The number of rotatable bonds is 6. The molecule has 0 fully saturated rings. The van der Waals surface area contributed by atoms with Gasteiger partial charge in [0.15, 0.2) is 0 Å². The van der Waals surface area contributed by atoms with Gasteiger partial charge < -0.3 is 0 Å². The fourth-order valence-corrected chi connectivity index (χ4v) is 2.49. The van der Waals surface area contributed by atoms with E-state index in [1.54, 1.807) is 0 Å². The SMILES string of the molecule is Cc1ccc(CCC(=O)CC(C)c2ccc(C)cc2)cc1. The average molecular weight is 280 g/mol. The molecule has 1 unspecified atom stereocenters. The summed E-state index contributed by atoms with van der Waals surface area (Å²) < 4.78 is 0. The number of carbonyl (C=O) groups excluding carboxylic acids is 1. The van der Waals surface area contributed by atoms with Gasteiger partial charge in [-0.25, -0.2) is 0 Å². The normalized spacial score (nSPS) is 12.1. The summed E-state index contributed by atoms with van der Waals surface area (Å²) in [6.07, 6.45) is 2.12. The summed E-state index contributed by atoms with van der Waals surface area (Å²) in [4.78, 5) is 12.1. The third kappa shape index (κ3) is 4.86. The molecule has 2 rings (SSSR count). The number of carbonyl (C=O) groups is 1. The van der Waals surface area contributed by atoms with Crippen molar-refractivity contribution in [1.29, 1.82) is 0 Å². The second-order valence-electron chi connectivity index (χ2n) is 6.04. The van der Waals surface area contributed by atoms with Gasteiger partial charge in [0.1, 0.15) is 5.78 Å². The molecule has 1 heteroatoms. The summed E-state index contributed by atoms with van der Waals surface area (Å²) >= 11 is 0. The Balaban J connectivity index is 1.83. The van der Waals surface area contributed by atoms with Gasteiger partial charge in [-0.15, -0.1) is 0 Å². The molecule has 0 aliphatic heterocycles. The Bertz CT molecular complexity index is 578. The lowest BCUT2D eigenvalue weighted by atomic mass is 9.93. The number of hydrogen-bond acceptors (Lipinski definition) is 1. The first-order valence-electron chi connectivity index (χ1n) is 7.68. The smallest absolute Gasteiger partial charge is 0.133 e. The quantitative estimate of drug-likeness (QED) is 0.727. The van der Waals surface area contributed by atoms with E-state index in [0.29, 0.717) is 24.5 Å². The van der Waals surface area contributed by atoms with Gasteiger partial charge in [0, 0.05) is 12.8 Å². The van der Waals surface area contributed by atoms with E-state index in [1.165, 1.54) is 22.3 Å². The summed E-state index contributed by atoms with van der Waals surface area (Å²) in [6, 6.07) is 16.9. The largest absolute Gasteiger partial charge is 0.300 e. The van der Waals surface area contributed by atoms with Crippen molar-refractivity contribution in [1.82, 2.24) is 0 Å². The fraction of sp³-hybridized carbons (Fsp3) is 0.350. The summed E-state index contributed by atoms with van der Waals surface area (Å²) in [5.41, 5.74) is 5.02. The van der Waals surface area contributed by atoms with Crippen molar-refractivity contribution in [3.63, 3.8) is 0 Å². The zero-order valence-electron chi connectivity index (χ0n) is 13.2. The van der Waals surface area contributed by atoms with Crippen LogP contribution in [0.4, 0.5) is 0 Å². The highest BCUT2D eigenvalue weighted by Crippen LogP contribution is 2.20. The van der Waals surface area contributed by atoms with E-state index >= 15 is 0 Å². The highest BCUT2D eigenvalue weighted by Gasteiger charge is 2.11. The van der Waals surface area contributed by atoms with Gasteiger partial charge in [0.25, 0.3) is 0 Å². The second-order valence-corrected chi connectivity index (χ2v) is 6.04. The molecule has 21 heavy (non-hydrogen) atoms. The molecule has 2 aromatic rings. The van der Waals surface area contributed by atoms with E-state index in [4.69, 9.17) is 0 Å². The minimum absolute atomic E-state index is 0.302. The maximum absolute atomic E-state index is 12.1. The van der Waals surface area contributed by atoms with E-state index in [2.05, 4.69) is 69.3 Å². The molecule has 0 aliphatic carbocycles. The Labute approximate surface area is 128 Å². The van der Waals surface area contributed by atoms with Gasteiger partial charge in [-0.1, -0.05) is 66.6 Å². The van der Waals surface area contributed by atoms with E-state index in [1.807, 2.05) is 0 Å². The van der Waals surface area contributed by atoms with Crippen molar-refractivity contribution in [3.05, 3.63) is 70.8 Å². The van der Waals surface area contributed by atoms with Crippen molar-refractivity contribution < 1.29 is 4.79 Å². The summed E-state index contributed by atoms with van der Waals surface area (Å²) in [7, 11) is 0. The molecule has 0 heterocycles. The monoisotopic (exact) mass is 280 g/mol. The molecular formula is C20H24O. The minimum Gasteiger partial charge on any atom is -0.300 e. The van der Waals surface area contributed by atoms with Crippen molar-refractivity contribution >= 4 is 5.78 Å². The van der Waals surface area contributed by atoms with Crippen LogP contribution in [0.25, 0.3) is 0 Å². The highest BCUT2D eigenvalue weighted by atomic mass is 16.1. The Hall–Kier alpha value is -1.89. The lowest BCUT2D eigenvalue weighted by Crippen LogP contribution is -2.06. The average Bonchev–Trinajstić information content (AvgIpc) is 2.47. The topological polar surface area (TPSA) is 17.1 Å². The van der Waals surface area contributed by atoms with Crippen LogP contribution in [0.1, 0.15) is 47.9 Å². The standard InChI is InChI=1S/C20H24O/c1-15-4-8-18(9-5-15)10-13-20(21)14-17(3)19-11-6-16(2)7-12-19/h4-9,11-12,17H,10,13-14H2,1-3H3. The van der Waals surface area contributed by atoms with Gasteiger partial charge in [-0.05, 0) is 37.3 Å². The van der Waals surface area contributed by atoms with Crippen LogP contribution in [0.2, 0.25) is 0 Å². The number of Topliss-reactive ketones (excluding diaryl/α,β-unsaturated/α-hetero) is 1. The number of ketones is 1. The molecule has 0 spiro atoms.